The van der Waals surface area contributed by atoms with Gasteiger partial charge in [-0.15, -0.1) is 0 Å². The van der Waals surface area contributed by atoms with E-state index in [2.05, 4.69) is 22.2 Å². The summed E-state index contributed by atoms with van der Waals surface area (Å²) in [5.41, 5.74) is 4.32. The van der Waals surface area contributed by atoms with Crippen molar-refractivity contribution in [1.82, 2.24) is 4.72 Å². The topological polar surface area (TPSA) is 75.3 Å². The molecule has 0 atom stereocenters. The molecule has 6 heteroatoms. The van der Waals surface area contributed by atoms with Crippen molar-refractivity contribution in [3.63, 3.8) is 0 Å². The van der Waals surface area contributed by atoms with Gasteiger partial charge in [-0.05, 0) is 67.3 Å². The molecule has 0 bridgehead atoms. The van der Waals surface area contributed by atoms with E-state index in [1.54, 1.807) is 12.1 Å². The third kappa shape index (κ3) is 3.66. The number of amides is 1. The van der Waals surface area contributed by atoms with Crippen LogP contribution in [0.5, 0.6) is 0 Å². The minimum absolute atomic E-state index is 0.114. The lowest BCUT2D eigenvalue weighted by Crippen LogP contribution is -2.18. The summed E-state index contributed by atoms with van der Waals surface area (Å²) in [5.74, 6) is -0.114. The first kappa shape index (κ1) is 16.7. The van der Waals surface area contributed by atoms with Crippen molar-refractivity contribution < 1.29 is 13.2 Å². The van der Waals surface area contributed by atoms with Crippen LogP contribution in [0.2, 0.25) is 0 Å². The standard InChI is InChI=1S/C18H20N2O3S/c1-19-24(22,23)17-9-7-16(8-10-17)20-18(21)12-13-5-6-14-3-2-4-15(14)11-13/h5-11,19H,2-4,12H2,1H3,(H,20,21). The lowest BCUT2D eigenvalue weighted by Gasteiger charge is -2.08. The molecule has 2 N–H and O–H groups in total. The summed E-state index contributed by atoms with van der Waals surface area (Å²) in [6.45, 7) is 0. The lowest BCUT2D eigenvalue weighted by molar-refractivity contribution is -0.115. The Bertz CT molecular complexity index is 858. The van der Waals surface area contributed by atoms with Gasteiger partial charge in [0.2, 0.25) is 15.9 Å². The lowest BCUT2D eigenvalue weighted by atomic mass is 10.0. The van der Waals surface area contributed by atoms with Gasteiger partial charge in [0.1, 0.15) is 0 Å². The van der Waals surface area contributed by atoms with Crippen LogP contribution in [0, 0.1) is 0 Å². The molecular formula is C18H20N2O3S. The number of nitrogens with one attached hydrogen (secondary N) is 2. The molecule has 0 saturated carbocycles. The number of rotatable bonds is 5. The molecule has 24 heavy (non-hydrogen) atoms. The Labute approximate surface area is 142 Å². The van der Waals surface area contributed by atoms with Crippen LogP contribution in [0.15, 0.2) is 47.4 Å². The fourth-order valence-corrected chi connectivity index (χ4v) is 3.69. The van der Waals surface area contributed by atoms with Crippen molar-refractivity contribution in [2.24, 2.45) is 0 Å². The summed E-state index contributed by atoms with van der Waals surface area (Å²) in [6.07, 6.45) is 3.71. The molecule has 0 aliphatic heterocycles. The predicted octanol–water partition coefficient (Wildman–Crippen LogP) is 2.26. The van der Waals surface area contributed by atoms with E-state index in [1.807, 2.05) is 6.07 Å². The van der Waals surface area contributed by atoms with Gasteiger partial charge in [0.15, 0.2) is 0 Å². The monoisotopic (exact) mass is 344 g/mol. The second kappa shape index (κ2) is 6.75. The van der Waals surface area contributed by atoms with Crippen LogP contribution < -0.4 is 10.0 Å². The first-order chi connectivity index (χ1) is 11.5. The number of sulfonamides is 1. The predicted molar refractivity (Wildman–Crippen MR) is 93.5 cm³/mol. The van der Waals surface area contributed by atoms with Gasteiger partial charge in [-0.1, -0.05) is 18.2 Å². The van der Waals surface area contributed by atoms with Gasteiger partial charge in [-0.2, -0.15) is 0 Å². The maximum absolute atomic E-state index is 12.2. The van der Waals surface area contributed by atoms with Crippen molar-refractivity contribution in [3.05, 3.63) is 59.2 Å². The summed E-state index contributed by atoms with van der Waals surface area (Å²) in [6, 6.07) is 12.3. The zero-order valence-electron chi connectivity index (χ0n) is 13.5. The zero-order valence-corrected chi connectivity index (χ0v) is 14.3. The molecule has 2 aromatic carbocycles. The van der Waals surface area contributed by atoms with Crippen LogP contribution in [-0.4, -0.2) is 21.4 Å². The molecule has 3 rings (SSSR count). The van der Waals surface area contributed by atoms with Crippen LogP contribution in [0.4, 0.5) is 5.69 Å². The second-order valence-electron chi connectivity index (χ2n) is 5.91. The van der Waals surface area contributed by atoms with Crippen LogP contribution in [0.25, 0.3) is 0 Å². The smallest absolute Gasteiger partial charge is 0.240 e. The largest absolute Gasteiger partial charge is 0.326 e. The van der Waals surface area contributed by atoms with E-state index in [-0.39, 0.29) is 10.8 Å². The molecule has 0 spiro atoms. The molecule has 0 aromatic heterocycles. The Morgan fingerprint density at radius 1 is 1.04 bits per heavy atom. The van der Waals surface area contributed by atoms with Crippen molar-refractivity contribution >= 4 is 21.6 Å². The van der Waals surface area contributed by atoms with E-state index < -0.39 is 10.0 Å². The van der Waals surface area contributed by atoms with E-state index in [0.717, 1.165) is 18.4 Å². The van der Waals surface area contributed by atoms with Gasteiger partial charge in [0, 0.05) is 5.69 Å². The van der Waals surface area contributed by atoms with Crippen molar-refractivity contribution in [2.45, 2.75) is 30.6 Å². The van der Waals surface area contributed by atoms with E-state index in [0.29, 0.717) is 12.1 Å². The third-order valence-corrected chi connectivity index (χ3v) is 5.67. The number of hydrogen-bond acceptors (Lipinski definition) is 3. The van der Waals surface area contributed by atoms with Crippen molar-refractivity contribution in [1.29, 1.82) is 0 Å². The highest BCUT2D eigenvalue weighted by Crippen LogP contribution is 2.23. The fourth-order valence-electron chi connectivity index (χ4n) is 2.96. The van der Waals surface area contributed by atoms with Crippen molar-refractivity contribution in [3.8, 4) is 0 Å². The number of fused-ring (bicyclic) bond motifs is 1. The summed E-state index contributed by atoms with van der Waals surface area (Å²) >= 11 is 0. The number of carbonyl (C=O) groups is 1. The molecule has 0 radical (unpaired) electrons. The zero-order chi connectivity index (χ0) is 17.2. The quantitative estimate of drug-likeness (QED) is 0.874. The highest BCUT2D eigenvalue weighted by molar-refractivity contribution is 7.89. The normalized spacial score (nSPS) is 13.5. The Morgan fingerprint density at radius 2 is 1.75 bits per heavy atom. The van der Waals surface area contributed by atoms with Crippen LogP contribution >= 0.6 is 0 Å². The first-order valence-corrected chi connectivity index (χ1v) is 9.40. The molecule has 1 aliphatic rings. The first-order valence-electron chi connectivity index (χ1n) is 7.92. The molecular weight excluding hydrogens is 324 g/mol. The highest BCUT2D eigenvalue weighted by Gasteiger charge is 2.13. The van der Waals surface area contributed by atoms with Gasteiger partial charge in [0.05, 0.1) is 11.3 Å². The van der Waals surface area contributed by atoms with E-state index >= 15 is 0 Å². The molecule has 0 heterocycles. The Kier molecular flexibility index (Phi) is 4.69. The SMILES string of the molecule is CNS(=O)(=O)c1ccc(NC(=O)Cc2ccc3c(c2)CCC3)cc1. The molecule has 5 nitrogen and oxygen atoms in total. The van der Waals surface area contributed by atoms with Gasteiger partial charge < -0.3 is 5.32 Å². The Balaban J connectivity index is 1.65. The number of benzene rings is 2. The van der Waals surface area contributed by atoms with E-state index in [9.17, 15) is 13.2 Å². The Morgan fingerprint density at radius 3 is 2.46 bits per heavy atom. The van der Waals surface area contributed by atoms with Crippen LogP contribution in [0.3, 0.4) is 0 Å². The minimum Gasteiger partial charge on any atom is -0.326 e. The molecule has 0 saturated heterocycles. The highest BCUT2D eigenvalue weighted by atomic mass is 32.2. The van der Waals surface area contributed by atoms with Crippen LogP contribution in [0.1, 0.15) is 23.1 Å². The van der Waals surface area contributed by atoms with Crippen LogP contribution in [-0.2, 0) is 34.1 Å². The van der Waals surface area contributed by atoms with E-state index in [4.69, 9.17) is 0 Å². The van der Waals surface area contributed by atoms with Gasteiger partial charge >= 0.3 is 0 Å². The number of aryl methyl sites for hydroxylation is 2. The maximum atomic E-state index is 12.2. The number of hydrogen-bond donors (Lipinski definition) is 2. The average molecular weight is 344 g/mol. The average Bonchev–Trinajstić information content (AvgIpc) is 3.03. The molecule has 126 valence electrons. The molecule has 0 fully saturated rings. The van der Waals surface area contributed by atoms with Gasteiger partial charge in [-0.3, -0.25) is 4.79 Å². The van der Waals surface area contributed by atoms with Gasteiger partial charge in [0.25, 0.3) is 0 Å². The summed E-state index contributed by atoms with van der Waals surface area (Å²) in [7, 11) is -2.10. The molecule has 2 aromatic rings. The Hall–Kier alpha value is -2.18. The minimum atomic E-state index is -3.46. The van der Waals surface area contributed by atoms with Crippen molar-refractivity contribution in [2.75, 3.05) is 12.4 Å². The summed E-state index contributed by atoms with van der Waals surface area (Å²) < 4.78 is 25.6. The number of anilines is 1. The fraction of sp³-hybridized carbons (Fsp3) is 0.278. The second-order valence-corrected chi connectivity index (χ2v) is 7.80. The molecule has 1 amide bonds. The van der Waals surface area contributed by atoms with Gasteiger partial charge in [-0.25, -0.2) is 13.1 Å². The summed E-state index contributed by atoms with van der Waals surface area (Å²) in [4.78, 5) is 12.3. The molecule has 0 unspecified atom stereocenters. The maximum Gasteiger partial charge on any atom is 0.240 e. The molecule has 1 aliphatic carbocycles. The number of carbonyl (C=O) groups excluding carboxylic acids is 1. The third-order valence-electron chi connectivity index (χ3n) is 4.24. The summed E-state index contributed by atoms with van der Waals surface area (Å²) in [5, 5.41) is 2.80. The van der Waals surface area contributed by atoms with E-state index in [1.165, 1.54) is 36.7 Å².